The molecule has 0 aliphatic heterocycles. The second kappa shape index (κ2) is 7.79. The lowest BCUT2D eigenvalue weighted by molar-refractivity contribution is 0.163. The Hall–Kier alpha value is -2.53. The molecule has 0 atom stereocenters. The summed E-state index contributed by atoms with van der Waals surface area (Å²) in [5.41, 5.74) is 4.43. The van der Waals surface area contributed by atoms with Gasteiger partial charge in [0.1, 0.15) is 5.75 Å². The summed E-state index contributed by atoms with van der Waals surface area (Å²) in [5, 5.41) is 1.18. The Morgan fingerprint density at radius 3 is 2.69 bits per heavy atom. The number of carbonyl (C=O) groups excluding carboxylic acids is 1. The molecule has 3 rings (SSSR count). The molecule has 5 heteroatoms. The number of rotatable bonds is 5. The number of amides is 1. The zero-order chi connectivity index (χ0) is 18.7. The van der Waals surface area contributed by atoms with Gasteiger partial charge in [-0.15, -0.1) is 0 Å². The molecule has 0 aliphatic rings. The van der Waals surface area contributed by atoms with Gasteiger partial charge < -0.3 is 14.6 Å². The molecule has 0 unspecified atom stereocenters. The van der Waals surface area contributed by atoms with Crippen molar-refractivity contribution in [2.24, 2.45) is 0 Å². The van der Waals surface area contributed by atoms with E-state index >= 15 is 0 Å². The molecule has 0 aliphatic carbocycles. The van der Waals surface area contributed by atoms with Crippen molar-refractivity contribution in [2.45, 2.75) is 13.3 Å². The van der Waals surface area contributed by atoms with Gasteiger partial charge >= 0.3 is 6.09 Å². The van der Waals surface area contributed by atoms with E-state index in [1.54, 1.807) is 30.2 Å². The number of H-pyrrole nitrogens is 1. The summed E-state index contributed by atoms with van der Waals surface area (Å²) < 4.78 is 6.46. The topological polar surface area (TPSA) is 45.3 Å². The third-order valence-electron chi connectivity index (χ3n) is 4.41. The first-order valence-corrected chi connectivity index (χ1v) is 9.19. The highest BCUT2D eigenvalue weighted by molar-refractivity contribution is 9.10. The van der Waals surface area contributed by atoms with Gasteiger partial charge in [0.15, 0.2) is 0 Å². The van der Waals surface area contributed by atoms with Crippen LogP contribution in [0.1, 0.15) is 16.8 Å². The number of benzene rings is 2. The van der Waals surface area contributed by atoms with E-state index in [0.717, 1.165) is 27.7 Å². The van der Waals surface area contributed by atoms with Crippen LogP contribution in [0.5, 0.6) is 5.75 Å². The zero-order valence-electron chi connectivity index (χ0n) is 14.9. The molecule has 0 saturated heterocycles. The first kappa shape index (κ1) is 18.3. The van der Waals surface area contributed by atoms with Crippen LogP contribution in [-0.4, -0.2) is 29.6 Å². The molecule has 1 N–H and O–H groups in total. The predicted octanol–water partition coefficient (Wildman–Crippen LogP) is 5.56. The zero-order valence-corrected chi connectivity index (χ0v) is 16.5. The van der Waals surface area contributed by atoms with E-state index in [-0.39, 0.29) is 6.09 Å². The molecule has 0 spiro atoms. The maximum absolute atomic E-state index is 12.3. The minimum Gasteiger partial charge on any atom is -0.410 e. The van der Waals surface area contributed by atoms with Gasteiger partial charge in [0.2, 0.25) is 0 Å². The van der Waals surface area contributed by atoms with E-state index in [4.69, 9.17) is 4.74 Å². The Morgan fingerprint density at radius 2 is 2.00 bits per heavy atom. The quantitative estimate of drug-likeness (QED) is 0.596. The number of aromatic amines is 1. The van der Waals surface area contributed by atoms with Crippen LogP contribution in [0.3, 0.4) is 0 Å². The van der Waals surface area contributed by atoms with Crippen molar-refractivity contribution in [2.75, 3.05) is 13.6 Å². The van der Waals surface area contributed by atoms with Crippen molar-refractivity contribution in [3.63, 3.8) is 0 Å². The number of hydrogen-bond acceptors (Lipinski definition) is 2. The Kier molecular flexibility index (Phi) is 5.47. The van der Waals surface area contributed by atoms with E-state index in [1.165, 1.54) is 10.9 Å². The van der Waals surface area contributed by atoms with Crippen molar-refractivity contribution >= 4 is 39.0 Å². The van der Waals surface area contributed by atoms with Gasteiger partial charge in [0, 0.05) is 34.7 Å². The summed E-state index contributed by atoms with van der Waals surface area (Å²) in [4.78, 5) is 17.3. The van der Waals surface area contributed by atoms with E-state index in [2.05, 4.69) is 46.5 Å². The van der Waals surface area contributed by atoms with Gasteiger partial charge in [-0.05, 0) is 54.8 Å². The van der Waals surface area contributed by atoms with Crippen LogP contribution in [0.4, 0.5) is 4.79 Å². The lowest BCUT2D eigenvalue weighted by Gasteiger charge is -2.17. The molecule has 2 aromatic carbocycles. The first-order valence-electron chi connectivity index (χ1n) is 8.40. The number of nitrogens with one attached hydrogen (secondary N) is 1. The summed E-state index contributed by atoms with van der Waals surface area (Å²) in [6.07, 6.45) is 2.14. The lowest BCUT2D eigenvalue weighted by atomic mass is 10.1. The molecule has 0 bridgehead atoms. The van der Waals surface area contributed by atoms with Crippen LogP contribution < -0.4 is 4.74 Å². The highest BCUT2D eigenvalue weighted by Gasteiger charge is 2.14. The van der Waals surface area contributed by atoms with E-state index in [1.807, 2.05) is 18.2 Å². The number of nitrogens with zero attached hydrogens (tertiary/aromatic N) is 1. The summed E-state index contributed by atoms with van der Waals surface area (Å²) >= 11 is 3.52. The van der Waals surface area contributed by atoms with Crippen LogP contribution in [0.2, 0.25) is 0 Å². The number of hydrogen-bond donors (Lipinski definition) is 1. The number of ether oxygens (including phenoxy) is 1. The molecule has 1 amide bonds. The van der Waals surface area contributed by atoms with Crippen molar-refractivity contribution in [1.82, 2.24) is 9.88 Å². The van der Waals surface area contributed by atoms with Crippen molar-refractivity contribution in [3.05, 3.63) is 70.3 Å². The molecule has 0 saturated carbocycles. The average molecular weight is 413 g/mol. The third kappa shape index (κ3) is 3.99. The normalized spacial score (nSPS) is 10.7. The summed E-state index contributed by atoms with van der Waals surface area (Å²) in [6.45, 7) is 6.34. The summed E-state index contributed by atoms with van der Waals surface area (Å²) in [6, 6.07) is 13.4. The second-order valence-electron chi connectivity index (χ2n) is 6.23. The largest absolute Gasteiger partial charge is 0.414 e. The van der Waals surface area contributed by atoms with Crippen LogP contribution >= 0.6 is 15.9 Å². The van der Waals surface area contributed by atoms with Crippen LogP contribution in [0, 0.1) is 6.92 Å². The predicted molar refractivity (Wildman–Crippen MR) is 110 cm³/mol. The third-order valence-corrected chi connectivity index (χ3v) is 4.90. The molecule has 1 aromatic heterocycles. The van der Waals surface area contributed by atoms with Gasteiger partial charge in [-0.3, -0.25) is 0 Å². The number of fused-ring (bicyclic) bond motifs is 1. The van der Waals surface area contributed by atoms with Crippen molar-refractivity contribution in [3.8, 4) is 5.75 Å². The minimum atomic E-state index is -0.366. The highest BCUT2D eigenvalue weighted by Crippen LogP contribution is 2.26. The van der Waals surface area contributed by atoms with Crippen molar-refractivity contribution in [1.29, 1.82) is 0 Å². The fourth-order valence-corrected chi connectivity index (χ4v) is 3.26. The molecular formula is C21H21BrN2O2. The fraction of sp³-hybridized carbons (Fsp3) is 0.190. The average Bonchev–Trinajstić information content (AvgIpc) is 2.94. The van der Waals surface area contributed by atoms with Crippen LogP contribution in [0.25, 0.3) is 17.0 Å². The summed E-state index contributed by atoms with van der Waals surface area (Å²) in [5.74, 6) is 0.527. The maximum Gasteiger partial charge on any atom is 0.414 e. The molecular weight excluding hydrogens is 392 g/mol. The Balaban J connectivity index is 1.65. The molecule has 3 aromatic rings. The number of aromatic nitrogens is 1. The van der Waals surface area contributed by atoms with E-state index in [0.29, 0.717) is 12.3 Å². The van der Waals surface area contributed by atoms with Crippen LogP contribution in [0.15, 0.2) is 53.5 Å². The Morgan fingerprint density at radius 1 is 1.27 bits per heavy atom. The number of likely N-dealkylation sites (N-methyl/N-ethyl adjacent to an activating group) is 1. The van der Waals surface area contributed by atoms with Gasteiger partial charge in [-0.2, -0.15) is 0 Å². The van der Waals surface area contributed by atoms with E-state index < -0.39 is 0 Å². The number of carbonyl (C=O) groups is 1. The molecule has 1 heterocycles. The molecule has 4 nitrogen and oxygen atoms in total. The minimum absolute atomic E-state index is 0.366. The maximum atomic E-state index is 12.3. The lowest BCUT2D eigenvalue weighted by Crippen LogP contribution is -2.31. The molecule has 0 radical (unpaired) electrons. The number of halogens is 1. The molecule has 0 fully saturated rings. The SMILES string of the molecule is C=Cc1ccc(OC(=O)N(C)CCc2c(C)[nH]c3ccc(Br)cc23)cc1. The Bertz CT molecular complexity index is 945. The summed E-state index contributed by atoms with van der Waals surface area (Å²) in [7, 11) is 1.75. The number of aryl methyl sites for hydroxylation is 1. The van der Waals surface area contributed by atoms with Crippen LogP contribution in [-0.2, 0) is 6.42 Å². The van der Waals surface area contributed by atoms with Gasteiger partial charge in [-0.25, -0.2) is 4.79 Å². The first-order chi connectivity index (χ1) is 12.5. The van der Waals surface area contributed by atoms with Gasteiger partial charge in [-0.1, -0.05) is 40.7 Å². The monoisotopic (exact) mass is 412 g/mol. The molecule has 26 heavy (non-hydrogen) atoms. The van der Waals surface area contributed by atoms with E-state index in [9.17, 15) is 4.79 Å². The smallest absolute Gasteiger partial charge is 0.410 e. The Labute approximate surface area is 161 Å². The standard InChI is InChI=1S/C21H21BrN2O2/c1-4-15-5-8-17(9-6-15)26-21(25)24(3)12-11-18-14(2)23-20-10-7-16(22)13-19(18)20/h4-10,13,23H,1,11-12H2,2-3H3. The molecule has 134 valence electrons. The highest BCUT2D eigenvalue weighted by atomic mass is 79.9. The van der Waals surface area contributed by atoms with Crippen molar-refractivity contribution < 1.29 is 9.53 Å². The van der Waals surface area contributed by atoms with Gasteiger partial charge in [0.05, 0.1) is 0 Å². The second-order valence-corrected chi connectivity index (χ2v) is 7.15. The fourth-order valence-electron chi connectivity index (χ4n) is 2.90. The van der Waals surface area contributed by atoms with Gasteiger partial charge in [0.25, 0.3) is 0 Å².